The maximum atomic E-state index is 13.5. The number of aliphatic hydroxyl groups excluding tert-OH is 1. The van der Waals surface area contributed by atoms with Crippen molar-refractivity contribution in [3.05, 3.63) is 59.2 Å². The van der Waals surface area contributed by atoms with E-state index < -0.39 is 28.9 Å². The summed E-state index contributed by atoms with van der Waals surface area (Å²) in [5.74, 6) is -0.374. The lowest BCUT2D eigenvalue weighted by Crippen LogP contribution is -2.55. The van der Waals surface area contributed by atoms with E-state index in [4.69, 9.17) is 17.5 Å². The summed E-state index contributed by atoms with van der Waals surface area (Å²) in [5, 5.41) is 18.9. The van der Waals surface area contributed by atoms with Crippen LogP contribution in [-0.2, 0) is 11.0 Å². The molecule has 1 unspecified atom stereocenters. The zero-order chi connectivity index (χ0) is 22.6. The number of hydrogen-bond donors (Lipinski definition) is 1. The third kappa shape index (κ3) is 3.27. The molecule has 1 saturated heterocycles. The maximum Gasteiger partial charge on any atom is 0.417 e. The number of carbonyl (C=O) groups excluding carboxylic acids is 1. The summed E-state index contributed by atoms with van der Waals surface area (Å²) in [6, 6.07) is 11.6. The van der Waals surface area contributed by atoms with E-state index in [1.165, 1.54) is 6.07 Å². The molecule has 2 aromatic rings. The van der Waals surface area contributed by atoms with Gasteiger partial charge in [0.2, 0.25) is 0 Å². The number of aliphatic hydroxyl groups is 1. The highest BCUT2D eigenvalue weighted by molar-refractivity contribution is 7.81. The summed E-state index contributed by atoms with van der Waals surface area (Å²) >= 11 is 5.57. The van der Waals surface area contributed by atoms with E-state index in [1.54, 1.807) is 42.2 Å². The molecule has 0 radical (unpaired) electrons. The zero-order valence-corrected chi connectivity index (χ0v) is 17.3. The van der Waals surface area contributed by atoms with E-state index in [0.717, 1.165) is 23.5 Å². The standard InChI is InChI=1S/C22H18F3N3O2S/c1-13(29)14-3-6-16(7-4-14)28-20(31)27(19(30)21(28)9-2-10-21)17-8-5-15(12-26)18(11-17)22(23,24)25/h3-8,11,13,29H,2,9-10H2,1H3. The average Bonchev–Trinajstić information content (AvgIpc) is 2.93. The highest BCUT2D eigenvalue weighted by Crippen LogP contribution is 2.48. The van der Waals surface area contributed by atoms with Gasteiger partial charge in [-0.2, -0.15) is 18.4 Å². The summed E-state index contributed by atoms with van der Waals surface area (Å²) in [5.41, 5.74) is -1.24. The first kappa shape index (κ1) is 21.3. The van der Waals surface area contributed by atoms with Crippen LogP contribution in [0.2, 0.25) is 0 Å². The van der Waals surface area contributed by atoms with Crippen molar-refractivity contribution in [3.63, 3.8) is 0 Å². The fourth-order valence-electron chi connectivity index (χ4n) is 4.11. The fourth-order valence-corrected chi connectivity index (χ4v) is 4.58. The summed E-state index contributed by atoms with van der Waals surface area (Å²) in [6.07, 6.45) is -3.54. The number of amides is 1. The Morgan fingerprint density at radius 2 is 1.77 bits per heavy atom. The Morgan fingerprint density at radius 3 is 2.26 bits per heavy atom. The Bertz CT molecular complexity index is 1100. The topological polar surface area (TPSA) is 67.6 Å². The molecule has 160 valence electrons. The minimum atomic E-state index is -4.74. The molecule has 9 heteroatoms. The van der Waals surface area contributed by atoms with Gasteiger partial charge in [0.25, 0.3) is 5.91 Å². The predicted molar refractivity (Wildman–Crippen MR) is 112 cm³/mol. The van der Waals surface area contributed by atoms with Gasteiger partial charge in [-0.05, 0) is 74.3 Å². The van der Waals surface area contributed by atoms with Crippen LogP contribution in [0, 0.1) is 11.3 Å². The molecule has 2 aliphatic rings. The minimum Gasteiger partial charge on any atom is -0.389 e. The molecule has 2 fully saturated rings. The van der Waals surface area contributed by atoms with Gasteiger partial charge in [0.15, 0.2) is 5.11 Å². The first-order chi connectivity index (χ1) is 14.6. The lowest BCUT2D eigenvalue weighted by atomic mass is 9.75. The van der Waals surface area contributed by atoms with E-state index in [-0.39, 0.29) is 16.7 Å². The molecule has 1 N–H and O–H groups in total. The smallest absolute Gasteiger partial charge is 0.389 e. The summed E-state index contributed by atoms with van der Waals surface area (Å²) in [6.45, 7) is 1.64. The molecule has 2 aromatic carbocycles. The third-order valence-electron chi connectivity index (χ3n) is 5.91. The van der Waals surface area contributed by atoms with Crippen molar-refractivity contribution in [2.45, 2.75) is 44.0 Å². The SMILES string of the molecule is CC(O)c1ccc(N2C(=S)N(c3ccc(C#N)c(C(F)(F)F)c3)C(=O)C23CCC3)cc1. The molecule has 0 aromatic heterocycles. The van der Waals surface area contributed by atoms with Gasteiger partial charge < -0.3 is 10.0 Å². The number of alkyl halides is 3. The van der Waals surface area contributed by atoms with Crippen LogP contribution in [0.15, 0.2) is 42.5 Å². The molecule has 1 spiro atoms. The van der Waals surface area contributed by atoms with Gasteiger partial charge in [-0.1, -0.05) is 12.1 Å². The Labute approximate surface area is 182 Å². The van der Waals surface area contributed by atoms with Crippen molar-refractivity contribution < 1.29 is 23.1 Å². The predicted octanol–water partition coefficient (Wildman–Crippen LogP) is 4.69. The van der Waals surface area contributed by atoms with Crippen LogP contribution in [0.4, 0.5) is 24.5 Å². The molecule has 0 bridgehead atoms. The van der Waals surface area contributed by atoms with Gasteiger partial charge in [0.05, 0.1) is 29.0 Å². The van der Waals surface area contributed by atoms with Gasteiger partial charge in [-0.25, -0.2) is 0 Å². The molecule has 5 nitrogen and oxygen atoms in total. The van der Waals surface area contributed by atoms with Crippen molar-refractivity contribution in [2.24, 2.45) is 0 Å². The zero-order valence-electron chi connectivity index (χ0n) is 16.5. The van der Waals surface area contributed by atoms with Gasteiger partial charge in [-0.15, -0.1) is 0 Å². The molecular weight excluding hydrogens is 427 g/mol. The van der Waals surface area contributed by atoms with E-state index in [1.807, 2.05) is 0 Å². The highest BCUT2D eigenvalue weighted by Gasteiger charge is 2.59. The van der Waals surface area contributed by atoms with Crippen LogP contribution in [0.25, 0.3) is 0 Å². The first-order valence-corrected chi connectivity index (χ1v) is 10.1. The van der Waals surface area contributed by atoms with E-state index in [0.29, 0.717) is 24.1 Å². The van der Waals surface area contributed by atoms with E-state index in [2.05, 4.69) is 0 Å². The molecule has 1 heterocycles. The van der Waals surface area contributed by atoms with Gasteiger partial charge in [0, 0.05) is 5.69 Å². The molecular formula is C22H18F3N3O2S. The monoisotopic (exact) mass is 445 g/mol. The second-order valence-corrected chi connectivity index (χ2v) is 8.12. The van der Waals surface area contributed by atoms with Gasteiger partial charge in [-0.3, -0.25) is 9.69 Å². The van der Waals surface area contributed by atoms with Crippen molar-refractivity contribution in [1.82, 2.24) is 0 Å². The molecule has 1 aliphatic heterocycles. The number of anilines is 2. The van der Waals surface area contributed by atoms with Crippen LogP contribution < -0.4 is 9.80 Å². The van der Waals surface area contributed by atoms with E-state index >= 15 is 0 Å². The van der Waals surface area contributed by atoms with Crippen LogP contribution in [0.1, 0.15) is 49.0 Å². The Morgan fingerprint density at radius 1 is 1.16 bits per heavy atom. The average molecular weight is 445 g/mol. The fraction of sp³-hybridized carbons (Fsp3) is 0.318. The number of halogens is 3. The quantitative estimate of drug-likeness (QED) is 0.695. The Hall–Kier alpha value is -2.96. The number of hydrogen-bond acceptors (Lipinski definition) is 4. The maximum absolute atomic E-state index is 13.5. The highest BCUT2D eigenvalue weighted by atomic mass is 32.1. The second-order valence-electron chi connectivity index (χ2n) is 7.75. The molecule has 1 amide bonds. The Balaban J connectivity index is 1.79. The molecule has 1 atom stereocenters. The van der Waals surface area contributed by atoms with Crippen molar-refractivity contribution >= 4 is 34.6 Å². The van der Waals surface area contributed by atoms with Gasteiger partial charge in [0.1, 0.15) is 5.54 Å². The lowest BCUT2D eigenvalue weighted by molar-refractivity contribution is -0.137. The van der Waals surface area contributed by atoms with Crippen LogP contribution >= 0.6 is 12.2 Å². The molecule has 1 aliphatic carbocycles. The number of carbonyl (C=O) groups is 1. The number of thiocarbonyl (C=S) groups is 1. The summed E-state index contributed by atoms with van der Waals surface area (Å²) in [4.78, 5) is 16.2. The lowest BCUT2D eigenvalue weighted by Gasteiger charge is -2.43. The van der Waals surface area contributed by atoms with E-state index in [9.17, 15) is 23.1 Å². The number of nitrogens with zero attached hydrogens (tertiary/aromatic N) is 3. The van der Waals surface area contributed by atoms with Crippen LogP contribution in [0.5, 0.6) is 0 Å². The second kappa shape index (κ2) is 7.32. The molecule has 1 saturated carbocycles. The Kier molecular flexibility index (Phi) is 5.03. The summed E-state index contributed by atoms with van der Waals surface area (Å²) in [7, 11) is 0. The molecule has 4 rings (SSSR count). The largest absolute Gasteiger partial charge is 0.417 e. The first-order valence-electron chi connectivity index (χ1n) is 9.68. The molecule has 31 heavy (non-hydrogen) atoms. The van der Waals surface area contributed by atoms with Crippen LogP contribution in [0.3, 0.4) is 0 Å². The number of rotatable bonds is 3. The summed E-state index contributed by atoms with van der Waals surface area (Å²) < 4.78 is 40.4. The minimum absolute atomic E-state index is 0.0179. The van der Waals surface area contributed by atoms with Crippen LogP contribution in [-0.4, -0.2) is 21.7 Å². The third-order valence-corrected chi connectivity index (χ3v) is 6.28. The number of nitriles is 1. The van der Waals surface area contributed by atoms with Crippen molar-refractivity contribution in [1.29, 1.82) is 5.26 Å². The number of benzene rings is 2. The van der Waals surface area contributed by atoms with Gasteiger partial charge >= 0.3 is 6.18 Å². The van der Waals surface area contributed by atoms with Crippen molar-refractivity contribution in [3.8, 4) is 6.07 Å². The normalized spacial score (nSPS) is 18.8. The van der Waals surface area contributed by atoms with Crippen molar-refractivity contribution in [2.75, 3.05) is 9.80 Å².